The van der Waals surface area contributed by atoms with Crippen molar-refractivity contribution in [2.45, 2.75) is 50.1 Å². The maximum atomic E-state index is 13.5. The van der Waals surface area contributed by atoms with Crippen LogP contribution >= 0.6 is 0 Å². The number of benzene rings is 2. The zero-order chi connectivity index (χ0) is 23.0. The van der Waals surface area contributed by atoms with E-state index in [2.05, 4.69) is 0 Å². The van der Waals surface area contributed by atoms with E-state index in [1.54, 1.807) is 18.2 Å². The Balaban J connectivity index is 0.00000363. The summed E-state index contributed by atoms with van der Waals surface area (Å²) in [5, 5.41) is 10.9. The summed E-state index contributed by atoms with van der Waals surface area (Å²) in [6.07, 6.45) is -4.73. The van der Waals surface area contributed by atoms with Gasteiger partial charge in [0, 0.05) is 17.0 Å². The molecule has 0 aliphatic carbocycles. The second kappa shape index (κ2) is 9.99. The summed E-state index contributed by atoms with van der Waals surface area (Å²) in [5.41, 5.74) is 0.227. The summed E-state index contributed by atoms with van der Waals surface area (Å²) in [7, 11) is -4.14. The Kier molecular flexibility index (Phi) is 8.25. The van der Waals surface area contributed by atoms with Crippen molar-refractivity contribution in [1.29, 1.82) is 0 Å². The Bertz CT molecular complexity index is 1230. The first-order chi connectivity index (χ1) is 14.4. The third-order valence-corrected chi connectivity index (χ3v) is 6.80. The van der Waals surface area contributed by atoms with Crippen molar-refractivity contribution in [2.24, 2.45) is 0 Å². The third-order valence-electron chi connectivity index (χ3n) is 5.03. The van der Waals surface area contributed by atoms with Gasteiger partial charge >= 0.3 is 35.7 Å². The van der Waals surface area contributed by atoms with Gasteiger partial charge in [0.25, 0.3) is 10.0 Å². The Labute approximate surface area is 206 Å². The van der Waals surface area contributed by atoms with Crippen molar-refractivity contribution >= 4 is 26.9 Å². The molecule has 3 aromatic rings. The number of aryl methyl sites for hydroxylation is 1. The van der Waals surface area contributed by atoms with E-state index in [1.165, 1.54) is 12.1 Å². The van der Waals surface area contributed by atoms with Gasteiger partial charge in [0.2, 0.25) is 0 Å². The molecule has 0 spiro atoms. The molecule has 0 fully saturated rings. The number of halogens is 3. The number of alkyl halides is 3. The van der Waals surface area contributed by atoms with Crippen LogP contribution in [0.1, 0.15) is 49.4 Å². The fraction of sp³-hybridized carbons (Fsp3) is 0.318. The molecular formula is C22H21F3NNaO4S. The van der Waals surface area contributed by atoms with E-state index in [9.17, 15) is 31.5 Å². The van der Waals surface area contributed by atoms with Crippen molar-refractivity contribution in [2.75, 3.05) is 0 Å². The molecule has 10 heteroatoms. The minimum absolute atomic E-state index is 0. The second-order valence-corrected chi connectivity index (χ2v) is 9.42. The van der Waals surface area contributed by atoms with Crippen LogP contribution in [0.15, 0.2) is 53.4 Å². The maximum Gasteiger partial charge on any atom is 1.00 e. The maximum absolute atomic E-state index is 13.5. The van der Waals surface area contributed by atoms with Crippen molar-refractivity contribution < 1.29 is 61.0 Å². The van der Waals surface area contributed by atoms with Crippen LogP contribution in [0.3, 0.4) is 0 Å². The molecule has 5 nitrogen and oxygen atoms in total. The largest absolute Gasteiger partial charge is 1.00 e. The van der Waals surface area contributed by atoms with Gasteiger partial charge in [0.15, 0.2) is 0 Å². The van der Waals surface area contributed by atoms with Crippen LogP contribution < -0.4 is 34.7 Å². The summed E-state index contributed by atoms with van der Waals surface area (Å²) in [6.45, 7) is 3.83. The van der Waals surface area contributed by atoms with Gasteiger partial charge in [-0.25, -0.2) is 12.4 Å². The molecule has 0 radical (unpaired) electrons. The van der Waals surface area contributed by atoms with E-state index < -0.39 is 27.7 Å². The quantitative estimate of drug-likeness (QED) is 0.480. The number of aromatic nitrogens is 1. The Morgan fingerprint density at radius 3 is 2.38 bits per heavy atom. The summed E-state index contributed by atoms with van der Waals surface area (Å²) in [4.78, 5) is 10.8. The molecule has 0 amide bonds. The normalized spacial score (nSPS) is 12.2. The van der Waals surface area contributed by atoms with Crippen LogP contribution in [0.5, 0.6) is 0 Å². The molecule has 0 aliphatic heterocycles. The molecule has 1 heterocycles. The molecule has 2 aromatic carbocycles. The molecule has 1 aromatic heterocycles. The van der Waals surface area contributed by atoms with Gasteiger partial charge in [-0.1, -0.05) is 26.0 Å². The summed E-state index contributed by atoms with van der Waals surface area (Å²) in [5.74, 6) is -1.21. The van der Waals surface area contributed by atoms with Crippen LogP contribution in [0.4, 0.5) is 13.2 Å². The summed E-state index contributed by atoms with van der Waals surface area (Å²) >= 11 is 0. The third kappa shape index (κ3) is 5.57. The number of aliphatic carboxylic acids is 1. The number of carboxylic acid groups (broad SMARTS) is 1. The number of carbonyl (C=O) groups is 1. The van der Waals surface area contributed by atoms with Crippen molar-refractivity contribution in [1.82, 2.24) is 3.97 Å². The van der Waals surface area contributed by atoms with Gasteiger partial charge in [0.05, 0.1) is 16.0 Å². The fourth-order valence-corrected chi connectivity index (χ4v) is 5.06. The standard InChI is InChI=1S/C22H22F3NO4S.Na/c1-14(2)15-5-3-7-19(13-15)31(29,30)26-18(6-4-8-21(27)28)12-16-11-17(22(23,24)25)9-10-20(16)26;/h3,5,7,9-14H,4,6,8H2,1-2H3,(H,27,28);/q;+1/p-1. The van der Waals surface area contributed by atoms with E-state index in [-0.39, 0.29) is 76.2 Å². The van der Waals surface area contributed by atoms with Crippen LogP contribution in [-0.2, 0) is 27.4 Å². The molecule has 0 unspecified atom stereocenters. The zero-order valence-electron chi connectivity index (χ0n) is 17.9. The molecule has 3 rings (SSSR count). The summed E-state index contributed by atoms with van der Waals surface area (Å²) in [6, 6.07) is 10.6. The average molecular weight is 475 g/mol. The zero-order valence-corrected chi connectivity index (χ0v) is 20.8. The summed E-state index contributed by atoms with van der Waals surface area (Å²) < 4.78 is 67.4. The predicted octanol–water partition coefficient (Wildman–Crippen LogP) is 1.10. The van der Waals surface area contributed by atoms with Gasteiger partial charge < -0.3 is 9.90 Å². The molecule has 32 heavy (non-hydrogen) atoms. The number of rotatable bonds is 7. The van der Waals surface area contributed by atoms with Crippen LogP contribution in [0.25, 0.3) is 10.9 Å². The Morgan fingerprint density at radius 2 is 1.78 bits per heavy atom. The average Bonchev–Trinajstić information content (AvgIpc) is 3.05. The molecule has 0 saturated heterocycles. The molecule has 0 saturated carbocycles. The number of nitrogens with zero attached hydrogens (tertiary/aromatic N) is 1. The monoisotopic (exact) mass is 475 g/mol. The molecular weight excluding hydrogens is 454 g/mol. The number of carbonyl (C=O) groups excluding carboxylic acids is 1. The van der Waals surface area contributed by atoms with Crippen LogP contribution in [-0.4, -0.2) is 18.4 Å². The Hall–Kier alpha value is -1.81. The molecule has 0 aliphatic rings. The topological polar surface area (TPSA) is 79.2 Å². The molecule has 0 atom stereocenters. The first-order valence-electron chi connectivity index (χ1n) is 9.68. The molecule has 0 bridgehead atoms. The molecule has 166 valence electrons. The van der Waals surface area contributed by atoms with E-state index >= 15 is 0 Å². The second-order valence-electron chi connectivity index (χ2n) is 7.63. The van der Waals surface area contributed by atoms with Crippen molar-refractivity contribution in [3.8, 4) is 0 Å². The van der Waals surface area contributed by atoms with Gasteiger partial charge in [-0.3, -0.25) is 0 Å². The first kappa shape index (κ1) is 26.4. The minimum atomic E-state index is -4.57. The fourth-order valence-electron chi connectivity index (χ4n) is 3.44. The number of fused-ring (bicyclic) bond motifs is 1. The van der Waals surface area contributed by atoms with Crippen molar-refractivity contribution in [3.63, 3.8) is 0 Å². The van der Waals surface area contributed by atoms with Gasteiger partial charge in [-0.15, -0.1) is 0 Å². The van der Waals surface area contributed by atoms with Gasteiger partial charge in [0.1, 0.15) is 0 Å². The number of carboxylic acids is 1. The van der Waals surface area contributed by atoms with Gasteiger partial charge in [-0.2, -0.15) is 13.2 Å². The smallest absolute Gasteiger partial charge is 0.550 e. The van der Waals surface area contributed by atoms with E-state index in [0.717, 1.165) is 27.7 Å². The van der Waals surface area contributed by atoms with Crippen LogP contribution in [0.2, 0.25) is 0 Å². The van der Waals surface area contributed by atoms with Gasteiger partial charge in [-0.05, 0) is 67.1 Å². The Morgan fingerprint density at radius 1 is 1.09 bits per heavy atom. The van der Waals surface area contributed by atoms with E-state index in [0.29, 0.717) is 0 Å². The molecule has 0 N–H and O–H groups in total. The number of hydrogen-bond donors (Lipinski definition) is 0. The SMILES string of the molecule is CC(C)c1cccc(S(=O)(=O)n2c(CCCC(=O)[O-])cc3cc(C(F)(F)F)ccc32)c1.[Na+]. The van der Waals surface area contributed by atoms with E-state index in [1.807, 2.05) is 13.8 Å². The van der Waals surface area contributed by atoms with Crippen molar-refractivity contribution in [3.05, 3.63) is 65.4 Å². The predicted molar refractivity (Wildman–Crippen MR) is 108 cm³/mol. The first-order valence-corrected chi connectivity index (χ1v) is 11.1. The van der Waals surface area contributed by atoms with E-state index in [4.69, 9.17) is 0 Å². The van der Waals surface area contributed by atoms with Crippen LogP contribution in [0, 0.1) is 0 Å². The number of hydrogen-bond acceptors (Lipinski definition) is 4. The minimum Gasteiger partial charge on any atom is -0.550 e.